The number of ether oxygens (including phenoxy) is 1. The maximum absolute atomic E-state index is 12.2. The largest absolute Gasteiger partial charge is 0.480 e. The number of carboxylic acid groups (broad SMARTS) is 1. The Morgan fingerprint density at radius 3 is 2.32 bits per heavy atom. The Balaban J connectivity index is 2.59. The molecule has 0 saturated heterocycles. The molecule has 2 atom stereocenters. The van der Waals surface area contributed by atoms with E-state index in [1.54, 1.807) is 6.92 Å². The van der Waals surface area contributed by atoms with Gasteiger partial charge in [0, 0.05) is 13.0 Å². The number of benzene rings is 1. The molecule has 0 bridgehead atoms. The molecule has 0 aromatic heterocycles. The summed E-state index contributed by atoms with van der Waals surface area (Å²) in [6.45, 7) is 7.74. The first-order valence-corrected chi connectivity index (χ1v) is 7.43. The number of carboxylic acids is 1. The maximum atomic E-state index is 12.2. The molecule has 1 unspecified atom stereocenters. The zero-order valence-corrected chi connectivity index (χ0v) is 13.6. The number of carbonyl (C=O) groups excluding carboxylic acids is 1. The first kappa shape index (κ1) is 18.2. The second-order valence-corrected chi connectivity index (χ2v) is 6.28. The molecule has 1 rings (SSSR count). The van der Waals surface area contributed by atoms with Gasteiger partial charge in [-0.05, 0) is 33.3 Å². The average molecular weight is 307 g/mol. The second-order valence-electron chi connectivity index (χ2n) is 6.28. The van der Waals surface area contributed by atoms with Crippen LogP contribution in [0, 0.1) is 0 Å². The quantitative estimate of drug-likeness (QED) is 0.812. The molecular formula is C17H25NO4. The molecule has 0 spiro atoms. The molecule has 5 heteroatoms. The molecule has 22 heavy (non-hydrogen) atoms. The van der Waals surface area contributed by atoms with E-state index in [1.807, 2.05) is 51.1 Å². The highest BCUT2D eigenvalue weighted by Gasteiger charge is 2.24. The van der Waals surface area contributed by atoms with Gasteiger partial charge in [-0.2, -0.15) is 0 Å². The minimum Gasteiger partial charge on any atom is -0.480 e. The van der Waals surface area contributed by atoms with Crippen molar-refractivity contribution in [3.63, 3.8) is 0 Å². The number of hydrogen-bond donors (Lipinski definition) is 2. The first-order valence-electron chi connectivity index (χ1n) is 7.43. The van der Waals surface area contributed by atoms with Crippen LogP contribution in [-0.2, 0) is 14.3 Å². The number of aliphatic carboxylic acids is 1. The standard InChI is InChI=1S/C17H25NO4/c1-12(13-8-6-5-7-9-13)15(19)18-14(16(20)21)10-11-22-17(2,3)4/h5-9,12,14H,10-11H2,1-4H3,(H,18,19)(H,20,21)/t12-,14?/m1/s1. The average Bonchev–Trinajstić information content (AvgIpc) is 2.44. The van der Waals surface area contributed by atoms with Crippen molar-refractivity contribution < 1.29 is 19.4 Å². The lowest BCUT2D eigenvalue weighted by Gasteiger charge is -2.22. The van der Waals surface area contributed by atoms with Crippen molar-refractivity contribution in [2.75, 3.05) is 6.61 Å². The van der Waals surface area contributed by atoms with E-state index in [0.717, 1.165) is 5.56 Å². The van der Waals surface area contributed by atoms with Gasteiger partial charge in [0.25, 0.3) is 0 Å². The zero-order chi connectivity index (χ0) is 16.8. The summed E-state index contributed by atoms with van der Waals surface area (Å²) in [5, 5.41) is 11.8. The SMILES string of the molecule is C[C@@H](C(=O)NC(CCOC(C)(C)C)C(=O)O)c1ccccc1. The van der Waals surface area contributed by atoms with Crippen molar-refractivity contribution in [3.8, 4) is 0 Å². The van der Waals surface area contributed by atoms with Crippen LogP contribution in [0.15, 0.2) is 30.3 Å². The second kappa shape index (κ2) is 7.94. The third-order valence-corrected chi connectivity index (χ3v) is 3.25. The van der Waals surface area contributed by atoms with Crippen LogP contribution in [0.3, 0.4) is 0 Å². The van der Waals surface area contributed by atoms with E-state index in [-0.39, 0.29) is 24.5 Å². The number of nitrogens with one attached hydrogen (secondary N) is 1. The summed E-state index contributed by atoms with van der Waals surface area (Å²) in [7, 11) is 0. The summed E-state index contributed by atoms with van der Waals surface area (Å²) in [4.78, 5) is 23.5. The number of hydrogen-bond acceptors (Lipinski definition) is 3. The van der Waals surface area contributed by atoms with Crippen LogP contribution in [0.2, 0.25) is 0 Å². The number of carbonyl (C=O) groups is 2. The molecule has 0 aliphatic carbocycles. The third-order valence-electron chi connectivity index (χ3n) is 3.25. The fourth-order valence-electron chi connectivity index (χ4n) is 1.93. The van der Waals surface area contributed by atoms with E-state index in [0.29, 0.717) is 0 Å². The minimum atomic E-state index is -1.05. The number of amides is 1. The molecule has 1 aromatic carbocycles. The summed E-state index contributed by atoms with van der Waals surface area (Å²) < 4.78 is 5.52. The highest BCUT2D eigenvalue weighted by Crippen LogP contribution is 2.15. The smallest absolute Gasteiger partial charge is 0.326 e. The maximum Gasteiger partial charge on any atom is 0.326 e. The van der Waals surface area contributed by atoms with Gasteiger partial charge in [0.15, 0.2) is 0 Å². The summed E-state index contributed by atoms with van der Waals surface area (Å²) in [6.07, 6.45) is 0.236. The molecule has 5 nitrogen and oxygen atoms in total. The molecule has 1 amide bonds. The van der Waals surface area contributed by atoms with Crippen LogP contribution in [0.1, 0.15) is 45.6 Å². The van der Waals surface area contributed by atoms with Gasteiger partial charge in [-0.3, -0.25) is 4.79 Å². The lowest BCUT2D eigenvalue weighted by molar-refractivity contribution is -0.143. The van der Waals surface area contributed by atoms with Crippen LogP contribution < -0.4 is 5.32 Å². The monoisotopic (exact) mass is 307 g/mol. The van der Waals surface area contributed by atoms with E-state index in [1.165, 1.54) is 0 Å². The van der Waals surface area contributed by atoms with E-state index < -0.39 is 17.9 Å². The minimum absolute atomic E-state index is 0.236. The van der Waals surface area contributed by atoms with Crippen molar-refractivity contribution in [1.82, 2.24) is 5.32 Å². The Bertz CT molecular complexity index is 493. The molecule has 2 N–H and O–H groups in total. The molecule has 0 radical (unpaired) electrons. The third kappa shape index (κ3) is 6.26. The van der Waals surface area contributed by atoms with Crippen LogP contribution >= 0.6 is 0 Å². The highest BCUT2D eigenvalue weighted by molar-refractivity contribution is 5.87. The summed E-state index contributed by atoms with van der Waals surface area (Å²) >= 11 is 0. The van der Waals surface area contributed by atoms with Gasteiger partial charge in [-0.25, -0.2) is 4.79 Å². The predicted octanol–water partition coefficient (Wildman–Crippen LogP) is 2.56. The fourth-order valence-corrected chi connectivity index (χ4v) is 1.93. The van der Waals surface area contributed by atoms with Gasteiger partial charge in [0.05, 0.1) is 11.5 Å². The van der Waals surface area contributed by atoms with Crippen molar-refractivity contribution in [2.45, 2.75) is 51.7 Å². The Hall–Kier alpha value is -1.88. The number of rotatable bonds is 7. The van der Waals surface area contributed by atoms with Crippen molar-refractivity contribution in [3.05, 3.63) is 35.9 Å². The van der Waals surface area contributed by atoms with Crippen LogP contribution in [0.5, 0.6) is 0 Å². The molecular weight excluding hydrogens is 282 g/mol. The molecule has 0 fully saturated rings. The summed E-state index contributed by atoms with van der Waals surface area (Å²) in [5.41, 5.74) is 0.528. The first-order chi connectivity index (χ1) is 10.2. The topological polar surface area (TPSA) is 75.6 Å². The van der Waals surface area contributed by atoms with Crippen molar-refractivity contribution in [1.29, 1.82) is 0 Å². The highest BCUT2D eigenvalue weighted by atomic mass is 16.5. The van der Waals surface area contributed by atoms with Crippen LogP contribution in [-0.4, -0.2) is 35.2 Å². The van der Waals surface area contributed by atoms with E-state index in [4.69, 9.17) is 4.74 Å². The van der Waals surface area contributed by atoms with E-state index in [2.05, 4.69) is 5.32 Å². The van der Waals surface area contributed by atoms with Gasteiger partial charge in [-0.1, -0.05) is 30.3 Å². The summed E-state index contributed by atoms with van der Waals surface area (Å²) in [6, 6.07) is 8.33. The zero-order valence-electron chi connectivity index (χ0n) is 13.6. The Morgan fingerprint density at radius 2 is 1.82 bits per heavy atom. The Kier molecular flexibility index (Phi) is 6.56. The normalized spacial score (nSPS) is 14.2. The van der Waals surface area contributed by atoms with Gasteiger partial charge < -0.3 is 15.2 Å². The van der Waals surface area contributed by atoms with Crippen LogP contribution in [0.25, 0.3) is 0 Å². The molecule has 1 aromatic rings. The van der Waals surface area contributed by atoms with E-state index in [9.17, 15) is 14.7 Å². The van der Waals surface area contributed by atoms with Gasteiger partial charge in [0.2, 0.25) is 5.91 Å². The lowest BCUT2D eigenvalue weighted by atomic mass is 10.00. The molecule has 0 aliphatic heterocycles. The van der Waals surface area contributed by atoms with Gasteiger partial charge in [0.1, 0.15) is 6.04 Å². The molecule has 122 valence electrons. The molecule has 0 aliphatic rings. The van der Waals surface area contributed by atoms with Gasteiger partial charge in [-0.15, -0.1) is 0 Å². The van der Waals surface area contributed by atoms with Crippen molar-refractivity contribution in [2.24, 2.45) is 0 Å². The molecule has 0 heterocycles. The van der Waals surface area contributed by atoms with Gasteiger partial charge >= 0.3 is 5.97 Å². The Morgan fingerprint density at radius 1 is 1.23 bits per heavy atom. The van der Waals surface area contributed by atoms with Crippen molar-refractivity contribution >= 4 is 11.9 Å². The Labute approximate surface area is 131 Å². The fraction of sp³-hybridized carbons (Fsp3) is 0.529. The predicted molar refractivity (Wildman–Crippen MR) is 84.7 cm³/mol. The molecule has 0 saturated carbocycles. The summed E-state index contributed by atoms with van der Waals surface area (Å²) in [5.74, 6) is -1.74. The van der Waals surface area contributed by atoms with E-state index >= 15 is 0 Å². The lowest BCUT2D eigenvalue weighted by Crippen LogP contribution is -2.43. The van der Waals surface area contributed by atoms with Crippen LogP contribution in [0.4, 0.5) is 0 Å².